The molecule has 0 unspecified atom stereocenters. The van der Waals surface area contributed by atoms with Crippen LogP contribution in [0.4, 0.5) is 4.39 Å². The van der Waals surface area contributed by atoms with Gasteiger partial charge in [0.05, 0.1) is 17.7 Å². The summed E-state index contributed by atoms with van der Waals surface area (Å²) in [6, 6.07) is 13.5. The van der Waals surface area contributed by atoms with Gasteiger partial charge in [-0.25, -0.2) is 4.39 Å². The summed E-state index contributed by atoms with van der Waals surface area (Å²) in [5.41, 5.74) is 1.70. The molecule has 1 aliphatic rings. The van der Waals surface area contributed by atoms with E-state index in [1.165, 1.54) is 18.2 Å². The molecule has 0 radical (unpaired) electrons. The van der Waals surface area contributed by atoms with Crippen LogP contribution >= 0.6 is 0 Å². The Balaban J connectivity index is 1.61. The normalized spacial score (nSPS) is 17.1. The number of carboxylic acids is 1. The fraction of sp³-hybridized carbons (Fsp3) is 0.211. The number of carbonyl (C=O) groups is 2. The van der Waals surface area contributed by atoms with Crippen LogP contribution in [0.15, 0.2) is 59.8 Å². The zero-order chi connectivity index (χ0) is 18.5. The maximum atomic E-state index is 13.3. The summed E-state index contributed by atoms with van der Waals surface area (Å²) in [6.45, 7) is 0. The first-order valence-corrected chi connectivity index (χ1v) is 8.06. The molecule has 0 saturated carbocycles. The van der Waals surface area contributed by atoms with E-state index in [9.17, 15) is 19.1 Å². The molecule has 1 amide bonds. The highest BCUT2D eigenvalue weighted by molar-refractivity contribution is 6.04. The van der Waals surface area contributed by atoms with Gasteiger partial charge in [-0.2, -0.15) is 0 Å². The predicted octanol–water partition coefficient (Wildman–Crippen LogP) is 0.796. The van der Waals surface area contributed by atoms with Crippen molar-refractivity contribution in [1.82, 2.24) is 5.32 Å². The molecule has 2 atom stereocenters. The molecule has 1 heterocycles. The standard InChI is InChI=1S/C19H17FN2O4/c20-14-8-4-7-13(10-14)15-11-17(26-22-15)18(23)21-16(19(24)25)9-12-5-2-1-3-6-12/h1-8,10,16-17H,9,11H2,(H,21,23)(H,24,25)/p-1/t16-,17-/m1/s1. The van der Waals surface area contributed by atoms with Gasteiger partial charge >= 0.3 is 0 Å². The lowest BCUT2D eigenvalue weighted by molar-refractivity contribution is -0.308. The van der Waals surface area contributed by atoms with E-state index in [-0.39, 0.29) is 12.8 Å². The summed E-state index contributed by atoms with van der Waals surface area (Å²) < 4.78 is 13.3. The minimum atomic E-state index is -1.38. The summed E-state index contributed by atoms with van der Waals surface area (Å²) in [5.74, 6) is -2.41. The van der Waals surface area contributed by atoms with Gasteiger partial charge in [0.2, 0.25) is 6.10 Å². The van der Waals surface area contributed by atoms with Gasteiger partial charge in [0, 0.05) is 12.0 Å². The quantitative estimate of drug-likeness (QED) is 0.830. The van der Waals surface area contributed by atoms with Crippen LogP contribution < -0.4 is 10.4 Å². The molecule has 0 saturated heterocycles. The highest BCUT2D eigenvalue weighted by Gasteiger charge is 2.30. The third-order valence-electron chi connectivity index (χ3n) is 4.00. The predicted molar refractivity (Wildman–Crippen MR) is 89.5 cm³/mol. The zero-order valence-electron chi connectivity index (χ0n) is 13.7. The molecule has 0 spiro atoms. The molecule has 1 aliphatic heterocycles. The van der Waals surface area contributed by atoms with Gasteiger partial charge in [-0.05, 0) is 24.1 Å². The van der Waals surface area contributed by atoms with Crippen LogP contribution in [0.5, 0.6) is 0 Å². The second-order valence-corrected chi connectivity index (χ2v) is 5.92. The van der Waals surface area contributed by atoms with Crippen molar-refractivity contribution in [2.24, 2.45) is 5.16 Å². The van der Waals surface area contributed by atoms with Crippen molar-refractivity contribution in [1.29, 1.82) is 0 Å². The first-order valence-electron chi connectivity index (χ1n) is 8.06. The topological polar surface area (TPSA) is 90.8 Å². The minimum absolute atomic E-state index is 0.0965. The Morgan fingerprint density at radius 1 is 1.23 bits per heavy atom. The molecule has 0 bridgehead atoms. The van der Waals surface area contributed by atoms with Crippen molar-refractivity contribution in [3.05, 3.63) is 71.5 Å². The first-order chi connectivity index (χ1) is 12.5. The second-order valence-electron chi connectivity index (χ2n) is 5.92. The average molecular weight is 355 g/mol. The number of oxime groups is 1. The van der Waals surface area contributed by atoms with E-state index in [4.69, 9.17) is 4.84 Å². The third kappa shape index (κ3) is 4.24. The Bertz CT molecular complexity index is 838. The van der Waals surface area contributed by atoms with E-state index < -0.39 is 29.8 Å². The molecule has 2 aromatic carbocycles. The third-order valence-corrected chi connectivity index (χ3v) is 4.00. The Morgan fingerprint density at radius 3 is 2.69 bits per heavy atom. The maximum Gasteiger partial charge on any atom is 0.264 e. The van der Waals surface area contributed by atoms with Crippen LogP contribution in [-0.4, -0.2) is 29.7 Å². The monoisotopic (exact) mass is 355 g/mol. The Kier molecular flexibility index (Phi) is 5.26. The van der Waals surface area contributed by atoms with Crippen LogP contribution in [0, 0.1) is 5.82 Å². The number of aliphatic carboxylic acids is 1. The van der Waals surface area contributed by atoms with Crippen molar-refractivity contribution in [2.45, 2.75) is 25.0 Å². The molecule has 2 aromatic rings. The molecular weight excluding hydrogens is 339 g/mol. The van der Waals surface area contributed by atoms with E-state index in [1.807, 2.05) is 6.07 Å². The highest BCUT2D eigenvalue weighted by Crippen LogP contribution is 2.18. The fourth-order valence-electron chi connectivity index (χ4n) is 2.66. The van der Waals surface area contributed by atoms with Crippen molar-refractivity contribution in [3.63, 3.8) is 0 Å². The number of hydrogen-bond donors (Lipinski definition) is 1. The van der Waals surface area contributed by atoms with Crippen molar-refractivity contribution in [2.75, 3.05) is 0 Å². The van der Waals surface area contributed by atoms with Crippen LogP contribution in [0.1, 0.15) is 17.5 Å². The average Bonchev–Trinajstić information content (AvgIpc) is 3.12. The number of benzene rings is 2. The van der Waals surface area contributed by atoms with Crippen LogP contribution in [0.25, 0.3) is 0 Å². The number of halogens is 1. The SMILES string of the molecule is O=C([O-])[C@@H](Cc1ccccc1)NC(=O)[C@H]1CC(c2cccc(F)c2)=NO1. The molecule has 3 rings (SSSR count). The van der Waals surface area contributed by atoms with Crippen LogP contribution in [-0.2, 0) is 20.8 Å². The zero-order valence-corrected chi connectivity index (χ0v) is 13.7. The summed E-state index contributed by atoms with van der Waals surface area (Å²) in [6.07, 6.45) is -0.745. The van der Waals surface area contributed by atoms with Crippen molar-refractivity contribution in [3.8, 4) is 0 Å². The number of carboxylic acid groups (broad SMARTS) is 1. The van der Waals surface area contributed by atoms with Crippen molar-refractivity contribution >= 4 is 17.6 Å². The summed E-state index contributed by atoms with van der Waals surface area (Å²) in [7, 11) is 0. The maximum absolute atomic E-state index is 13.3. The smallest absolute Gasteiger partial charge is 0.264 e. The number of hydrogen-bond acceptors (Lipinski definition) is 5. The van der Waals surface area contributed by atoms with Crippen LogP contribution in [0.3, 0.4) is 0 Å². The minimum Gasteiger partial charge on any atom is -0.548 e. The van der Waals surface area contributed by atoms with Gasteiger partial charge in [-0.15, -0.1) is 0 Å². The molecule has 0 fully saturated rings. The first kappa shape index (κ1) is 17.6. The Labute approximate surface area is 149 Å². The molecule has 6 nitrogen and oxygen atoms in total. The second kappa shape index (κ2) is 7.77. The van der Waals surface area contributed by atoms with Gasteiger partial charge in [-0.3, -0.25) is 4.79 Å². The van der Waals surface area contributed by atoms with Gasteiger partial charge in [0.1, 0.15) is 5.82 Å². The van der Waals surface area contributed by atoms with E-state index in [0.717, 1.165) is 5.56 Å². The van der Waals surface area contributed by atoms with Gasteiger partial charge in [0.15, 0.2) is 0 Å². The lowest BCUT2D eigenvalue weighted by atomic mass is 10.0. The summed E-state index contributed by atoms with van der Waals surface area (Å²) in [4.78, 5) is 28.8. The molecule has 1 N–H and O–H groups in total. The lowest BCUT2D eigenvalue weighted by Crippen LogP contribution is -2.51. The summed E-state index contributed by atoms with van der Waals surface area (Å²) in [5, 5.41) is 17.6. The number of nitrogens with one attached hydrogen (secondary N) is 1. The van der Waals surface area contributed by atoms with Crippen molar-refractivity contribution < 1.29 is 23.9 Å². The molecule has 0 aromatic heterocycles. The number of amides is 1. The van der Waals surface area contributed by atoms with E-state index >= 15 is 0 Å². The fourth-order valence-corrected chi connectivity index (χ4v) is 2.66. The molecule has 0 aliphatic carbocycles. The lowest BCUT2D eigenvalue weighted by Gasteiger charge is -2.21. The van der Waals surface area contributed by atoms with E-state index in [2.05, 4.69) is 10.5 Å². The molecular formula is C19H16FN2O4-. The van der Waals surface area contributed by atoms with Gasteiger partial charge < -0.3 is 20.1 Å². The van der Waals surface area contributed by atoms with Gasteiger partial charge in [-0.1, -0.05) is 47.6 Å². The number of rotatable bonds is 6. The number of nitrogens with zero attached hydrogens (tertiary/aromatic N) is 1. The Morgan fingerprint density at radius 2 is 2.00 bits per heavy atom. The summed E-state index contributed by atoms with van der Waals surface area (Å²) >= 11 is 0. The van der Waals surface area contributed by atoms with Gasteiger partial charge in [0.25, 0.3) is 5.91 Å². The Hall–Kier alpha value is -3.22. The van der Waals surface area contributed by atoms with Crippen LogP contribution in [0.2, 0.25) is 0 Å². The molecule has 7 heteroatoms. The molecule has 26 heavy (non-hydrogen) atoms. The van der Waals surface area contributed by atoms with E-state index in [1.54, 1.807) is 30.3 Å². The highest BCUT2D eigenvalue weighted by atomic mass is 19.1. The largest absolute Gasteiger partial charge is 0.548 e. The van der Waals surface area contributed by atoms with E-state index in [0.29, 0.717) is 11.3 Å². The number of carbonyl (C=O) groups excluding carboxylic acids is 2. The molecule has 134 valence electrons.